The Kier molecular flexibility index (Phi) is 4.25. The molecule has 0 saturated carbocycles. The molecule has 0 N–H and O–H groups in total. The van der Waals surface area contributed by atoms with E-state index < -0.39 is 0 Å². The van der Waals surface area contributed by atoms with Crippen molar-refractivity contribution in [2.45, 2.75) is 6.61 Å². The van der Waals surface area contributed by atoms with Gasteiger partial charge < -0.3 is 4.74 Å². The lowest BCUT2D eigenvalue weighted by molar-refractivity contribution is 0.306. The summed E-state index contributed by atoms with van der Waals surface area (Å²) < 4.78 is 7.90. The van der Waals surface area contributed by atoms with Crippen LogP contribution in [0.15, 0.2) is 91.6 Å². The third kappa shape index (κ3) is 3.43. The second-order valence-corrected chi connectivity index (χ2v) is 5.65. The normalized spacial score (nSPS) is 10.6. The zero-order chi connectivity index (χ0) is 16.9. The summed E-state index contributed by atoms with van der Waals surface area (Å²) in [5.41, 5.74) is 4.30. The SMILES string of the molecule is c1ccc(COc2ccc(-n3cncc3-c3ccncc3)cc2)cc1. The molecular weight excluding hydrogens is 310 g/mol. The maximum atomic E-state index is 5.85. The molecule has 0 aliphatic heterocycles. The number of hydrogen-bond donors (Lipinski definition) is 0. The van der Waals surface area contributed by atoms with Gasteiger partial charge in [0, 0.05) is 23.6 Å². The van der Waals surface area contributed by atoms with Crippen molar-refractivity contribution in [1.82, 2.24) is 14.5 Å². The van der Waals surface area contributed by atoms with Crippen molar-refractivity contribution in [3.63, 3.8) is 0 Å². The van der Waals surface area contributed by atoms with E-state index in [2.05, 4.69) is 26.7 Å². The first-order valence-corrected chi connectivity index (χ1v) is 8.10. The highest BCUT2D eigenvalue weighted by Gasteiger charge is 2.07. The van der Waals surface area contributed by atoms with Gasteiger partial charge in [-0.25, -0.2) is 4.98 Å². The first kappa shape index (κ1) is 15.1. The summed E-state index contributed by atoms with van der Waals surface area (Å²) >= 11 is 0. The molecule has 25 heavy (non-hydrogen) atoms. The monoisotopic (exact) mass is 327 g/mol. The van der Waals surface area contributed by atoms with Crippen molar-refractivity contribution in [3.8, 4) is 22.7 Å². The number of aromatic nitrogens is 3. The third-order valence-corrected chi connectivity index (χ3v) is 3.98. The van der Waals surface area contributed by atoms with Gasteiger partial charge in [0.2, 0.25) is 0 Å². The van der Waals surface area contributed by atoms with E-state index in [4.69, 9.17) is 4.74 Å². The van der Waals surface area contributed by atoms with Crippen LogP contribution in [0.5, 0.6) is 5.75 Å². The summed E-state index contributed by atoms with van der Waals surface area (Å²) in [5.74, 6) is 0.846. The van der Waals surface area contributed by atoms with Crippen molar-refractivity contribution >= 4 is 0 Å². The lowest BCUT2D eigenvalue weighted by Crippen LogP contribution is -1.97. The van der Waals surface area contributed by atoms with Crippen LogP contribution in [0.25, 0.3) is 16.9 Å². The van der Waals surface area contributed by atoms with Gasteiger partial charge in [-0.2, -0.15) is 0 Å². The third-order valence-electron chi connectivity index (χ3n) is 3.98. The Morgan fingerprint density at radius 2 is 1.56 bits per heavy atom. The summed E-state index contributed by atoms with van der Waals surface area (Å²) in [7, 11) is 0. The van der Waals surface area contributed by atoms with E-state index in [0.717, 1.165) is 28.3 Å². The summed E-state index contributed by atoms with van der Waals surface area (Å²) in [6, 6.07) is 22.1. The van der Waals surface area contributed by atoms with Crippen LogP contribution in [0.1, 0.15) is 5.56 Å². The number of nitrogens with zero attached hydrogens (tertiary/aromatic N) is 3. The Morgan fingerprint density at radius 1 is 0.800 bits per heavy atom. The van der Waals surface area contributed by atoms with Crippen LogP contribution in [0.4, 0.5) is 0 Å². The molecule has 0 fully saturated rings. The smallest absolute Gasteiger partial charge is 0.119 e. The second kappa shape index (κ2) is 7.01. The van der Waals surface area contributed by atoms with Crippen molar-refractivity contribution in [1.29, 1.82) is 0 Å². The minimum Gasteiger partial charge on any atom is -0.489 e. The summed E-state index contributed by atoms with van der Waals surface area (Å²) in [4.78, 5) is 8.35. The van der Waals surface area contributed by atoms with Crippen LogP contribution in [0, 0.1) is 0 Å². The van der Waals surface area contributed by atoms with Crippen LogP contribution in [-0.2, 0) is 6.61 Å². The van der Waals surface area contributed by atoms with E-state index in [1.54, 1.807) is 12.4 Å². The van der Waals surface area contributed by atoms with E-state index in [-0.39, 0.29) is 0 Å². The van der Waals surface area contributed by atoms with Gasteiger partial charge in [-0.15, -0.1) is 0 Å². The van der Waals surface area contributed by atoms with Crippen LogP contribution < -0.4 is 4.74 Å². The van der Waals surface area contributed by atoms with Gasteiger partial charge in [0.1, 0.15) is 12.4 Å². The maximum absolute atomic E-state index is 5.85. The highest BCUT2D eigenvalue weighted by molar-refractivity contribution is 5.61. The summed E-state index contributed by atoms with van der Waals surface area (Å²) in [6.45, 7) is 0.563. The minimum atomic E-state index is 0.563. The molecule has 4 nitrogen and oxygen atoms in total. The molecule has 2 aromatic carbocycles. The number of benzene rings is 2. The van der Waals surface area contributed by atoms with Crippen molar-refractivity contribution < 1.29 is 4.74 Å². The number of rotatable bonds is 5. The molecule has 0 spiro atoms. The van der Waals surface area contributed by atoms with Gasteiger partial charge in [-0.1, -0.05) is 30.3 Å². The largest absolute Gasteiger partial charge is 0.489 e. The number of ether oxygens (including phenoxy) is 1. The van der Waals surface area contributed by atoms with E-state index in [9.17, 15) is 0 Å². The molecule has 122 valence electrons. The average molecular weight is 327 g/mol. The number of pyridine rings is 1. The molecule has 2 aromatic heterocycles. The van der Waals surface area contributed by atoms with E-state index >= 15 is 0 Å². The molecule has 0 saturated heterocycles. The molecule has 0 amide bonds. The molecule has 4 heteroatoms. The summed E-state index contributed by atoms with van der Waals surface area (Å²) in [6.07, 6.45) is 7.24. The predicted octanol–water partition coefficient (Wildman–Crippen LogP) is 4.51. The Balaban J connectivity index is 1.52. The first-order chi connectivity index (χ1) is 12.4. The van der Waals surface area contributed by atoms with Crippen LogP contribution in [-0.4, -0.2) is 14.5 Å². The maximum Gasteiger partial charge on any atom is 0.119 e. The van der Waals surface area contributed by atoms with E-state index in [0.29, 0.717) is 6.61 Å². The van der Waals surface area contributed by atoms with Crippen molar-refractivity contribution in [2.75, 3.05) is 0 Å². The molecule has 0 aliphatic rings. The molecule has 0 bridgehead atoms. The molecule has 0 unspecified atom stereocenters. The zero-order valence-electron chi connectivity index (χ0n) is 13.6. The fraction of sp³-hybridized carbons (Fsp3) is 0.0476. The topological polar surface area (TPSA) is 39.9 Å². The van der Waals surface area contributed by atoms with Gasteiger partial charge in [-0.05, 0) is 42.0 Å². The standard InChI is InChI=1S/C21H17N3O/c1-2-4-17(5-3-1)15-25-20-8-6-19(7-9-20)24-16-23-14-21(24)18-10-12-22-13-11-18/h1-14,16H,15H2. The highest BCUT2D eigenvalue weighted by Crippen LogP contribution is 2.23. The fourth-order valence-electron chi connectivity index (χ4n) is 2.68. The van der Waals surface area contributed by atoms with Crippen LogP contribution in [0.3, 0.4) is 0 Å². The van der Waals surface area contributed by atoms with Crippen LogP contribution >= 0.6 is 0 Å². The Hall–Kier alpha value is -3.40. The van der Waals surface area contributed by atoms with Gasteiger partial charge in [0.15, 0.2) is 0 Å². The predicted molar refractivity (Wildman–Crippen MR) is 97.6 cm³/mol. The fourth-order valence-corrected chi connectivity index (χ4v) is 2.68. The molecular formula is C21H17N3O. The Morgan fingerprint density at radius 3 is 2.32 bits per heavy atom. The zero-order valence-corrected chi connectivity index (χ0v) is 13.6. The second-order valence-electron chi connectivity index (χ2n) is 5.65. The Labute approximate surface area is 146 Å². The minimum absolute atomic E-state index is 0.563. The summed E-state index contributed by atoms with van der Waals surface area (Å²) in [5, 5.41) is 0. The quantitative estimate of drug-likeness (QED) is 0.541. The van der Waals surface area contributed by atoms with E-state index in [1.807, 2.05) is 67.1 Å². The average Bonchev–Trinajstić information content (AvgIpc) is 3.18. The molecule has 0 radical (unpaired) electrons. The first-order valence-electron chi connectivity index (χ1n) is 8.10. The highest BCUT2D eigenvalue weighted by atomic mass is 16.5. The molecule has 2 heterocycles. The molecule has 4 aromatic rings. The lowest BCUT2D eigenvalue weighted by Gasteiger charge is -2.10. The van der Waals surface area contributed by atoms with Crippen molar-refractivity contribution in [2.24, 2.45) is 0 Å². The molecule has 0 atom stereocenters. The Bertz CT molecular complexity index is 932. The van der Waals surface area contributed by atoms with Gasteiger partial charge >= 0.3 is 0 Å². The van der Waals surface area contributed by atoms with E-state index in [1.165, 1.54) is 0 Å². The molecule has 0 aliphatic carbocycles. The van der Waals surface area contributed by atoms with Crippen LogP contribution in [0.2, 0.25) is 0 Å². The van der Waals surface area contributed by atoms with Gasteiger partial charge in [0.25, 0.3) is 0 Å². The van der Waals surface area contributed by atoms with Gasteiger partial charge in [0.05, 0.1) is 18.2 Å². The van der Waals surface area contributed by atoms with Crippen molar-refractivity contribution in [3.05, 3.63) is 97.2 Å². The lowest BCUT2D eigenvalue weighted by atomic mass is 10.2. The number of hydrogen-bond acceptors (Lipinski definition) is 3. The number of imidazole rings is 1. The van der Waals surface area contributed by atoms with Gasteiger partial charge in [-0.3, -0.25) is 9.55 Å². The molecule has 4 rings (SSSR count).